The number of rotatable bonds is 4. The molecule has 2 aromatic carbocycles. The highest BCUT2D eigenvalue weighted by molar-refractivity contribution is 6.45. The fraction of sp³-hybridized carbons (Fsp3) is 0.192. The van der Waals surface area contributed by atoms with Gasteiger partial charge in [0.15, 0.2) is 0 Å². The van der Waals surface area contributed by atoms with Crippen molar-refractivity contribution in [2.75, 3.05) is 36.0 Å². The number of nitrogens with zero attached hydrogens (tertiary/aromatic N) is 4. The molecule has 1 aromatic heterocycles. The average Bonchev–Trinajstić information content (AvgIpc) is 3.11. The quantitative estimate of drug-likeness (QED) is 0.600. The van der Waals surface area contributed by atoms with Crippen molar-refractivity contribution in [2.45, 2.75) is 6.92 Å². The zero-order valence-electron chi connectivity index (χ0n) is 17.9. The number of carbonyl (C=O) groups excluding carboxylic acids is 2. The SMILES string of the molecule is Cc1ccc(N2C(=O)C(c3ccccc3)=C(N3CCN(c4ccccn4)CC3)C2=O)cc1. The van der Waals surface area contributed by atoms with Crippen LogP contribution >= 0.6 is 0 Å². The van der Waals surface area contributed by atoms with Crippen molar-refractivity contribution >= 4 is 28.9 Å². The zero-order chi connectivity index (χ0) is 22.1. The number of aromatic nitrogens is 1. The summed E-state index contributed by atoms with van der Waals surface area (Å²) in [6, 6.07) is 22.8. The molecule has 160 valence electrons. The molecule has 32 heavy (non-hydrogen) atoms. The van der Waals surface area contributed by atoms with Crippen molar-refractivity contribution < 1.29 is 9.59 Å². The molecule has 0 atom stereocenters. The largest absolute Gasteiger partial charge is 0.363 e. The Kier molecular flexibility index (Phi) is 5.19. The van der Waals surface area contributed by atoms with Gasteiger partial charge in [0.1, 0.15) is 11.5 Å². The molecule has 6 heteroatoms. The number of anilines is 2. The normalized spacial score (nSPS) is 16.8. The molecule has 2 aliphatic rings. The Morgan fingerprint density at radius 2 is 1.38 bits per heavy atom. The van der Waals surface area contributed by atoms with Crippen LogP contribution in [0, 0.1) is 6.92 Å². The molecular weight excluding hydrogens is 400 g/mol. The molecule has 5 rings (SSSR count). The number of pyridine rings is 1. The lowest BCUT2D eigenvalue weighted by Gasteiger charge is -2.37. The van der Waals surface area contributed by atoms with Gasteiger partial charge in [-0.25, -0.2) is 9.88 Å². The van der Waals surface area contributed by atoms with E-state index in [2.05, 4.69) is 14.8 Å². The highest BCUT2D eigenvalue weighted by Gasteiger charge is 2.43. The van der Waals surface area contributed by atoms with E-state index in [0.717, 1.165) is 30.0 Å². The Labute approximate surface area is 187 Å². The van der Waals surface area contributed by atoms with Crippen LogP contribution in [0.15, 0.2) is 84.7 Å². The number of aryl methyl sites for hydroxylation is 1. The molecule has 0 saturated carbocycles. The van der Waals surface area contributed by atoms with E-state index in [9.17, 15) is 9.59 Å². The van der Waals surface area contributed by atoms with Crippen LogP contribution in [0.3, 0.4) is 0 Å². The van der Waals surface area contributed by atoms with Gasteiger partial charge in [-0.3, -0.25) is 9.59 Å². The fourth-order valence-electron chi connectivity index (χ4n) is 4.30. The second-order valence-corrected chi connectivity index (χ2v) is 8.03. The summed E-state index contributed by atoms with van der Waals surface area (Å²) in [4.78, 5) is 37.2. The molecule has 3 aromatic rings. The van der Waals surface area contributed by atoms with E-state index in [0.29, 0.717) is 30.0 Å². The average molecular weight is 425 g/mol. The highest BCUT2D eigenvalue weighted by atomic mass is 16.2. The van der Waals surface area contributed by atoms with Gasteiger partial charge in [-0.15, -0.1) is 0 Å². The van der Waals surface area contributed by atoms with Crippen molar-refractivity contribution in [3.05, 3.63) is 95.8 Å². The standard InChI is InChI=1S/C26H24N4O2/c1-19-10-12-21(13-11-19)30-25(31)23(20-7-3-2-4-8-20)24(26(30)32)29-17-15-28(16-18-29)22-9-5-6-14-27-22/h2-14H,15-18H2,1H3. The minimum absolute atomic E-state index is 0.260. The van der Waals surface area contributed by atoms with E-state index in [1.54, 1.807) is 6.20 Å². The first-order chi connectivity index (χ1) is 15.6. The molecule has 0 radical (unpaired) electrons. The maximum atomic E-state index is 13.6. The molecule has 2 amide bonds. The third-order valence-electron chi connectivity index (χ3n) is 5.98. The number of piperazine rings is 1. The van der Waals surface area contributed by atoms with Gasteiger partial charge in [0.25, 0.3) is 11.8 Å². The topological polar surface area (TPSA) is 56.8 Å². The van der Waals surface area contributed by atoms with Gasteiger partial charge < -0.3 is 9.80 Å². The van der Waals surface area contributed by atoms with Crippen LogP contribution in [0.25, 0.3) is 5.57 Å². The van der Waals surface area contributed by atoms with E-state index in [-0.39, 0.29) is 11.8 Å². The van der Waals surface area contributed by atoms with Gasteiger partial charge in [-0.05, 0) is 36.8 Å². The van der Waals surface area contributed by atoms with Crippen molar-refractivity contribution in [1.82, 2.24) is 9.88 Å². The van der Waals surface area contributed by atoms with Gasteiger partial charge >= 0.3 is 0 Å². The zero-order valence-corrected chi connectivity index (χ0v) is 17.9. The molecule has 3 heterocycles. The predicted molar refractivity (Wildman–Crippen MR) is 125 cm³/mol. The minimum Gasteiger partial charge on any atom is -0.363 e. The van der Waals surface area contributed by atoms with Gasteiger partial charge in [-0.1, -0.05) is 54.1 Å². The Bertz CT molecular complexity index is 1170. The van der Waals surface area contributed by atoms with E-state index < -0.39 is 0 Å². The number of hydrogen-bond acceptors (Lipinski definition) is 5. The van der Waals surface area contributed by atoms with Crippen molar-refractivity contribution in [3.63, 3.8) is 0 Å². The summed E-state index contributed by atoms with van der Waals surface area (Å²) >= 11 is 0. The summed E-state index contributed by atoms with van der Waals surface area (Å²) in [5.41, 5.74) is 3.41. The summed E-state index contributed by atoms with van der Waals surface area (Å²) in [7, 11) is 0. The van der Waals surface area contributed by atoms with Crippen molar-refractivity contribution in [2.24, 2.45) is 0 Å². The number of hydrogen-bond donors (Lipinski definition) is 0. The first-order valence-corrected chi connectivity index (χ1v) is 10.8. The van der Waals surface area contributed by atoms with Gasteiger partial charge in [0, 0.05) is 32.4 Å². The Hall–Kier alpha value is -3.93. The van der Waals surface area contributed by atoms with Crippen LogP contribution < -0.4 is 9.80 Å². The monoisotopic (exact) mass is 424 g/mol. The third-order valence-corrected chi connectivity index (χ3v) is 5.98. The Balaban J connectivity index is 1.49. The van der Waals surface area contributed by atoms with E-state index in [1.807, 2.05) is 79.7 Å². The van der Waals surface area contributed by atoms with E-state index >= 15 is 0 Å². The Morgan fingerprint density at radius 3 is 2.03 bits per heavy atom. The van der Waals surface area contributed by atoms with Crippen molar-refractivity contribution in [1.29, 1.82) is 0 Å². The lowest BCUT2D eigenvalue weighted by Crippen LogP contribution is -2.48. The van der Waals surface area contributed by atoms with Gasteiger partial charge in [-0.2, -0.15) is 0 Å². The summed E-state index contributed by atoms with van der Waals surface area (Å²) in [5, 5.41) is 0. The third kappa shape index (κ3) is 3.54. The molecule has 6 nitrogen and oxygen atoms in total. The lowest BCUT2D eigenvalue weighted by molar-refractivity contribution is -0.120. The maximum absolute atomic E-state index is 13.6. The van der Waals surface area contributed by atoms with Crippen LogP contribution in [0.2, 0.25) is 0 Å². The lowest BCUT2D eigenvalue weighted by atomic mass is 10.0. The van der Waals surface area contributed by atoms with Crippen LogP contribution in [0.4, 0.5) is 11.5 Å². The van der Waals surface area contributed by atoms with Gasteiger partial charge in [0.2, 0.25) is 0 Å². The maximum Gasteiger partial charge on any atom is 0.282 e. The summed E-state index contributed by atoms with van der Waals surface area (Å²) in [6.07, 6.45) is 1.79. The summed E-state index contributed by atoms with van der Waals surface area (Å²) in [6.45, 7) is 4.73. The highest BCUT2D eigenvalue weighted by Crippen LogP contribution is 2.35. The number of carbonyl (C=O) groups is 2. The first-order valence-electron chi connectivity index (χ1n) is 10.8. The summed E-state index contributed by atoms with van der Waals surface area (Å²) < 4.78 is 0. The Morgan fingerprint density at radius 1 is 0.719 bits per heavy atom. The second-order valence-electron chi connectivity index (χ2n) is 8.03. The molecule has 0 aliphatic carbocycles. The number of amides is 2. The van der Waals surface area contributed by atoms with Crippen LogP contribution in [0.1, 0.15) is 11.1 Å². The number of imide groups is 1. The second kappa shape index (κ2) is 8.30. The molecule has 1 fully saturated rings. The van der Waals surface area contributed by atoms with Crippen molar-refractivity contribution in [3.8, 4) is 0 Å². The smallest absolute Gasteiger partial charge is 0.282 e. The summed E-state index contributed by atoms with van der Waals surface area (Å²) in [5.74, 6) is 0.399. The van der Waals surface area contributed by atoms with Crippen LogP contribution in [-0.2, 0) is 9.59 Å². The predicted octanol–water partition coefficient (Wildman–Crippen LogP) is 3.50. The molecule has 0 bridgehead atoms. The molecule has 0 spiro atoms. The van der Waals surface area contributed by atoms with E-state index in [1.165, 1.54) is 4.90 Å². The molecular formula is C26H24N4O2. The first kappa shape index (κ1) is 20.0. The van der Waals surface area contributed by atoms with Crippen LogP contribution in [0.5, 0.6) is 0 Å². The fourth-order valence-corrected chi connectivity index (χ4v) is 4.30. The van der Waals surface area contributed by atoms with Crippen LogP contribution in [-0.4, -0.2) is 47.9 Å². The van der Waals surface area contributed by atoms with Gasteiger partial charge in [0.05, 0.1) is 11.3 Å². The molecule has 0 unspecified atom stereocenters. The molecule has 0 N–H and O–H groups in total. The van der Waals surface area contributed by atoms with E-state index in [4.69, 9.17) is 0 Å². The molecule has 2 aliphatic heterocycles. The minimum atomic E-state index is -0.271. The number of benzene rings is 2. The molecule has 1 saturated heterocycles.